The maximum Gasteiger partial charge on any atom is 0.229 e. The Bertz CT molecular complexity index is 334. The van der Waals surface area contributed by atoms with E-state index in [1.165, 1.54) is 0 Å². The van der Waals surface area contributed by atoms with E-state index in [0.717, 1.165) is 12.8 Å². The van der Waals surface area contributed by atoms with Gasteiger partial charge in [0, 0.05) is 20.5 Å². The minimum Gasteiger partial charge on any atom is -0.368 e. The van der Waals surface area contributed by atoms with E-state index in [0.29, 0.717) is 24.2 Å². The van der Waals surface area contributed by atoms with E-state index in [4.69, 9.17) is 11.5 Å². The third-order valence-corrected chi connectivity index (χ3v) is 2.47. The highest BCUT2D eigenvalue weighted by molar-refractivity contribution is 5.32. The van der Waals surface area contributed by atoms with Crippen molar-refractivity contribution in [3.63, 3.8) is 0 Å². The second kappa shape index (κ2) is 5.60. The minimum atomic E-state index is 0.264. The number of hydrogen-bond acceptors (Lipinski definition) is 6. The van der Waals surface area contributed by atoms with E-state index in [-0.39, 0.29) is 5.95 Å². The van der Waals surface area contributed by atoms with Crippen LogP contribution in [-0.4, -0.2) is 35.6 Å². The summed E-state index contributed by atoms with van der Waals surface area (Å²) in [6, 6.07) is 0. The van der Waals surface area contributed by atoms with Gasteiger partial charge >= 0.3 is 0 Å². The van der Waals surface area contributed by atoms with Crippen molar-refractivity contribution in [2.24, 2.45) is 11.7 Å². The Hall–Kier alpha value is -1.43. The zero-order valence-electron chi connectivity index (χ0n) is 10.1. The molecule has 0 spiro atoms. The van der Waals surface area contributed by atoms with Gasteiger partial charge in [-0.1, -0.05) is 13.3 Å². The van der Waals surface area contributed by atoms with Gasteiger partial charge in [0.1, 0.15) is 5.82 Å². The second-order valence-electron chi connectivity index (χ2n) is 4.02. The Morgan fingerprint density at radius 2 is 1.94 bits per heavy atom. The van der Waals surface area contributed by atoms with E-state index >= 15 is 0 Å². The molecular formula is C10H20N6. The quantitative estimate of drug-likeness (QED) is 0.733. The number of nitrogens with two attached hydrogens (primary N) is 2. The van der Waals surface area contributed by atoms with Crippen LogP contribution in [0.25, 0.3) is 0 Å². The number of anilines is 2. The van der Waals surface area contributed by atoms with Crippen LogP contribution in [0.15, 0.2) is 0 Å². The fraction of sp³-hybridized carbons (Fsp3) is 0.700. The molecule has 0 fully saturated rings. The number of nitrogen functional groups attached to an aromatic ring is 1. The Balaban J connectivity index is 2.87. The van der Waals surface area contributed by atoms with Gasteiger partial charge in [0.2, 0.25) is 11.9 Å². The Labute approximate surface area is 96.1 Å². The zero-order valence-corrected chi connectivity index (χ0v) is 10.1. The third-order valence-electron chi connectivity index (χ3n) is 2.47. The summed E-state index contributed by atoms with van der Waals surface area (Å²) in [7, 11) is 3.75. The van der Waals surface area contributed by atoms with Crippen molar-refractivity contribution in [1.29, 1.82) is 0 Å². The van der Waals surface area contributed by atoms with Gasteiger partial charge in [-0.15, -0.1) is 0 Å². The van der Waals surface area contributed by atoms with Gasteiger partial charge in [-0.25, -0.2) is 0 Å². The maximum atomic E-state index is 5.65. The highest BCUT2D eigenvalue weighted by Gasteiger charge is 2.11. The summed E-state index contributed by atoms with van der Waals surface area (Å²) in [5.41, 5.74) is 11.3. The van der Waals surface area contributed by atoms with Crippen LogP contribution in [0.2, 0.25) is 0 Å². The topological polar surface area (TPSA) is 93.9 Å². The molecular weight excluding hydrogens is 204 g/mol. The predicted octanol–water partition coefficient (Wildman–Crippen LogP) is 0.0472. The predicted molar refractivity (Wildman–Crippen MR) is 65.1 cm³/mol. The molecule has 0 aliphatic carbocycles. The highest BCUT2D eigenvalue weighted by atomic mass is 15.3. The van der Waals surface area contributed by atoms with Crippen LogP contribution in [0.4, 0.5) is 11.9 Å². The normalized spacial score (nSPS) is 12.5. The van der Waals surface area contributed by atoms with Crippen LogP contribution < -0.4 is 16.4 Å². The van der Waals surface area contributed by atoms with Crippen molar-refractivity contribution in [2.45, 2.75) is 19.8 Å². The molecule has 6 nitrogen and oxygen atoms in total. The maximum absolute atomic E-state index is 5.65. The first-order chi connectivity index (χ1) is 7.56. The molecule has 0 saturated carbocycles. The number of rotatable bonds is 5. The van der Waals surface area contributed by atoms with Gasteiger partial charge in [0.15, 0.2) is 0 Å². The summed E-state index contributed by atoms with van der Waals surface area (Å²) < 4.78 is 0. The van der Waals surface area contributed by atoms with Crippen LogP contribution in [0.5, 0.6) is 0 Å². The smallest absolute Gasteiger partial charge is 0.229 e. The van der Waals surface area contributed by atoms with Crippen LogP contribution in [0, 0.1) is 5.92 Å². The van der Waals surface area contributed by atoms with Crippen LogP contribution >= 0.6 is 0 Å². The molecule has 90 valence electrons. The molecule has 1 aromatic heterocycles. The molecule has 0 aliphatic heterocycles. The summed E-state index contributed by atoms with van der Waals surface area (Å²) in [5, 5.41) is 0. The molecule has 0 saturated heterocycles. The fourth-order valence-electron chi connectivity index (χ4n) is 1.37. The van der Waals surface area contributed by atoms with Crippen molar-refractivity contribution in [1.82, 2.24) is 15.0 Å². The van der Waals surface area contributed by atoms with E-state index in [1.54, 1.807) is 0 Å². The molecule has 1 rings (SSSR count). The molecule has 1 unspecified atom stereocenters. The largest absolute Gasteiger partial charge is 0.368 e. The summed E-state index contributed by atoms with van der Waals surface area (Å²) >= 11 is 0. The Kier molecular flexibility index (Phi) is 4.42. The number of nitrogens with zero attached hydrogens (tertiary/aromatic N) is 4. The van der Waals surface area contributed by atoms with E-state index in [2.05, 4.69) is 21.9 Å². The van der Waals surface area contributed by atoms with Crippen molar-refractivity contribution in [2.75, 3.05) is 31.3 Å². The highest BCUT2D eigenvalue weighted by Crippen LogP contribution is 2.11. The first-order valence-corrected chi connectivity index (χ1v) is 5.44. The lowest BCUT2D eigenvalue weighted by Gasteiger charge is -2.14. The molecule has 1 heterocycles. The Morgan fingerprint density at radius 1 is 1.25 bits per heavy atom. The molecule has 0 radical (unpaired) electrons. The average molecular weight is 224 g/mol. The van der Waals surface area contributed by atoms with Crippen LogP contribution in [-0.2, 0) is 6.42 Å². The molecule has 6 heteroatoms. The second-order valence-corrected chi connectivity index (χ2v) is 4.02. The van der Waals surface area contributed by atoms with E-state index in [9.17, 15) is 0 Å². The lowest BCUT2D eigenvalue weighted by atomic mass is 10.0. The van der Waals surface area contributed by atoms with Gasteiger partial charge in [-0.05, 0) is 12.5 Å². The third kappa shape index (κ3) is 3.30. The Morgan fingerprint density at radius 3 is 2.44 bits per heavy atom. The summed E-state index contributed by atoms with van der Waals surface area (Å²) in [4.78, 5) is 14.3. The fourth-order valence-corrected chi connectivity index (χ4v) is 1.37. The van der Waals surface area contributed by atoms with Crippen molar-refractivity contribution in [3.05, 3.63) is 5.82 Å². The lowest BCUT2D eigenvalue weighted by molar-refractivity contribution is 0.504. The first kappa shape index (κ1) is 12.6. The summed E-state index contributed by atoms with van der Waals surface area (Å²) in [6.45, 7) is 2.74. The van der Waals surface area contributed by atoms with Gasteiger partial charge in [-0.2, -0.15) is 15.0 Å². The van der Waals surface area contributed by atoms with E-state index < -0.39 is 0 Å². The SMILES string of the molecule is CCC(CN)Cc1nc(N)nc(N(C)C)n1. The van der Waals surface area contributed by atoms with Gasteiger partial charge in [0.05, 0.1) is 0 Å². The lowest BCUT2D eigenvalue weighted by Crippen LogP contribution is -2.20. The van der Waals surface area contributed by atoms with Crippen LogP contribution in [0.3, 0.4) is 0 Å². The van der Waals surface area contributed by atoms with Gasteiger partial charge < -0.3 is 16.4 Å². The molecule has 16 heavy (non-hydrogen) atoms. The molecule has 0 amide bonds. The van der Waals surface area contributed by atoms with E-state index in [1.807, 2.05) is 19.0 Å². The summed E-state index contributed by atoms with van der Waals surface area (Å²) in [6.07, 6.45) is 1.76. The standard InChI is InChI=1S/C10H20N6/c1-4-7(6-11)5-8-13-9(12)15-10(14-8)16(2)3/h7H,4-6,11H2,1-3H3,(H2,12,13,14,15). The van der Waals surface area contributed by atoms with Crippen LogP contribution in [0.1, 0.15) is 19.2 Å². The van der Waals surface area contributed by atoms with Crippen molar-refractivity contribution >= 4 is 11.9 Å². The molecule has 4 N–H and O–H groups in total. The molecule has 0 bridgehead atoms. The molecule has 1 aromatic rings. The average Bonchev–Trinajstić information content (AvgIpc) is 2.25. The summed E-state index contributed by atoms with van der Waals surface area (Å²) in [5.74, 6) is 1.97. The molecule has 1 atom stereocenters. The van der Waals surface area contributed by atoms with Gasteiger partial charge in [0.25, 0.3) is 0 Å². The van der Waals surface area contributed by atoms with Crippen molar-refractivity contribution < 1.29 is 0 Å². The zero-order chi connectivity index (χ0) is 12.1. The first-order valence-electron chi connectivity index (χ1n) is 5.44. The molecule has 0 aromatic carbocycles. The number of aromatic nitrogens is 3. The molecule has 0 aliphatic rings. The van der Waals surface area contributed by atoms with Crippen molar-refractivity contribution in [3.8, 4) is 0 Å². The monoisotopic (exact) mass is 224 g/mol. The minimum absolute atomic E-state index is 0.264. The van der Waals surface area contributed by atoms with Gasteiger partial charge in [-0.3, -0.25) is 0 Å². The number of hydrogen-bond donors (Lipinski definition) is 2.